The minimum absolute atomic E-state index is 0. The monoisotopic (exact) mass is 448 g/mol. The first-order chi connectivity index (χ1) is 13.7. The summed E-state index contributed by atoms with van der Waals surface area (Å²) in [6.07, 6.45) is 0.0360. The van der Waals surface area contributed by atoms with Crippen molar-refractivity contribution in [1.82, 2.24) is 9.80 Å². The van der Waals surface area contributed by atoms with Gasteiger partial charge in [0.15, 0.2) is 0 Å². The highest BCUT2D eigenvalue weighted by atomic mass is 35.5. The highest BCUT2D eigenvalue weighted by Gasteiger charge is 2.28. The van der Waals surface area contributed by atoms with Crippen LogP contribution >= 0.6 is 24.8 Å². The molecule has 0 radical (unpaired) electrons. The summed E-state index contributed by atoms with van der Waals surface area (Å²) >= 11 is 0. The van der Waals surface area contributed by atoms with Gasteiger partial charge in [-0.05, 0) is 30.2 Å². The molecule has 1 saturated heterocycles. The zero-order chi connectivity index (χ0) is 19.3. The summed E-state index contributed by atoms with van der Waals surface area (Å²) in [6, 6.07) is 25.5. The van der Waals surface area contributed by atoms with Crippen LogP contribution < -0.4 is 0 Å². The van der Waals surface area contributed by atoms with Gasteiger partial charge < -0.3 is 9.52 Å². The summed E-state index contributed by atoms with van der Waals surface area (Å²) in [6.45, 7) is 5.46. The SMILES string of the molecule is Cc1ccc(CC(O)N2CCN(C(c3ccccc3)c3ccccc3)CC2)o1.Cl.Cl. The highest BCUT2D eigenvalue weighted by molar-refractivity contribution is 5.85. The Morgan fingerprint density at radius 2 is 1.27 bits per heavy atom. The quantitative estimate of drug-likeness (QED) is 0.592. The third-order valence-electron chi connectivity index (χ3n) is 5.55. The van der Waals surface area contributed by atoms with Gasteiger partial charge in [0.1, 0.15) is 17.7 Å². The van der Waals surface area contributed by atoms with Gasteiger partial charge in [-0.3, -0.25) is 9.80 Å². The average molecular weight is 449 g/mol. The third kappa shape index (κ3) is 5.87. The number of piperazine rings is 1. The number of aryl methyl sites for hydroxylation is 1. The van der Waals surface area contributed by atoms with Crippen LogP contribution in [0.3, 0.4) is 0 Å². The number of hydrogen-bond acceptors (Lipinski definition) is 4. The first-order valence-corrected chi connectivity index (χ1v) is 10.0. The van der Waals surface area contributed by atoms with E-state index in [1.165, 1.54) is 11.1 Å². The minimum Gasteiger partial charge on any atom is -0.466 e. The van der Waals surface area contributed by atoms with Crippen molar-refractivity contribution < 1.29 is 9.52 Å². The molecule has 6 heteroatoms. The first kappa shape index (κ1) is 24.4. The van der Waals surface area contributed by atoms with Gasteiger partial charge in [-0.25, -0.2) is 0 Å². The lowest BCUT2D eigenvalue weighted by atomic mass is 9.96. The molecule has 1 N–H and O–H groups in total. The van der Waals surface area contributed by atoms with Crippen LogP contribution in [-0.4, -0.2) is 47.3 Å². The maximum absolute atomic E-state index is 10.6. The average Bonchev–Trinajstić information content (AvgIpc) is 3.15. The third-order valence-corrected chi connectivity index (χ3v) is 5.55. The van der Waals surface area contributed by atoms with Crippen molar-refractivity contribution in [1.29, 1.82) is 0 Å². The number of aliphatic hydroxyl groups excluding tert-OH is 1. The van der Waals surface area contributed by atoms with Gasteiger partial charge in [-0.1, -0.05) is 60.7 Å². The summed E-state index contributed by atoms with van der Waals surface area (Å²) in [7, 11) is 0. The van der Waals surface area contributed by atoms with Gasteiger partial charge in [-0.2, -0.15) is 0 Å². The van der Waals surface area contributed by atoms with Gasteiger partial charge in [0.05, 0.1) is 6.04 Å². The van der Waals surface area contributed by atoms with E-state index in [1.54, 1.807) is 0 Å². The van der Waals surface area contributed by atoms with E-state index in [9.17, 15) is 5.11 Å². The molecule has 4 nitrogen and oxygen atoms in total. The minimum atomic E-state index is -0.500. The van der Waals surface area contributed by atoms with Gasteiger partial charge in [0, 0.05) is 32.6 Å². The molecule has 1 unspecified atom stereocenters. The van der Waals surface area contributed by atoms with Crippen molar-refractivity contribution in [3.05, 3.63) is 95.4 Å². The number of benzene rings is 2. The number of furan rings is 1. The Hall–Kier alpha value is -1.82. The van der Waals surface area contributed by atoms with Crippen LogP contribution in [0.25, 0.3) is 0 Å². The molecule has 1 aliphatic rings. The molecule has 4 rings (SSSR count). The number of nitrogens with zero attached hydrogens (tertiary/aromatic N) is 2. The maximum Gasteiger partial charge on any atom is 0.114 e. The lowest BCUT2D eigenvalue weighted by Gasteiger charge is -2.41. The molecule has 1 aliphatic heterocycles. The van der Waals surface area contributed by atoms with Crippen molar-refractivity contribution in [2.24, 2.45) is 0 Å². The molecule has 2 heterocycles. The van der Waals surface area contributed by atoms with Gasteiger partial charge in [-0.15, -0.1) is 24.8 Å². The lowest BCUT2D eigenvalue weighted by molar-refractivity contribution is -0.0316. The van der Waals surface area contributed by atoms with Crippen LogP contribution in [0.4, 0.5) is 0 Å². The molecule has 2 aromatic carbocycles. The molecule has 162 valence electrons. The molecule has 0 spiro atoms. The molecule has 3 aromatic rings. The van der Waals surface area contributed by atoms with E-state index in [0.29, 0.717) is 6.42 Å². The number of halogens is 2. The van der Waals surface area contributed by atoms with Crippen LogP contribution in [0.1, 0.15) is 28.7 Å². The normalized spacial score (nSPS) is 16.0. The summed E-state index contributed by atoms with van der Waals surface area (Å²) in [4.78, 5) is 4.67. The molecule has 1 fully saturated rings. The fourth-order valence-corrected chi connectivity index (χ4v) is 4.08. The Balaban J connectivity index is 0.00000160. The number of aliphatic hydroxyl groups is 1. The Morgan fingerprint density at radius 3 is 1.73 bits per heavy atom. The zero-order valence-corrected chi connectivity index (χ0v) is 18.8. The summed E-state index contributed by atoms with van der Waals surface area (Å²) in [5.74, 6) is 1.74. The Labute approximate surface area is 191 Å². The molecule has 0 aliphatic carbocycles. The van der Waals surface area contributed by atoms with E-state index in [0.717, 1.165) is 37.7 Å². The molecule has 0 bridgehead atoms. The molecular weight excluding hydrogens is 419 g/mol. The van der Waals surface area contributed by atoms with Gasteiger partial charge in [0.25, 0.3) is 0 Å². The fourth-order valence-electron chi connectivity index (χ4n) is 4.08. The second-order valence-corrected chi connectivity index (χ2v) is 7.49. The first-order valence-electron chi connectivity index (χ1n) is 10.0. The van der Waals surface area contributed by atoms with E-state index in [2.05, 4.69) is 70.5 Å². The summed E-state index contributed by atoms with van der Waals surface area (Å²) in [5, 5.41) is 10.6. The van der Waals surface area contributed by atoms with Crippen LogP contribution in [-0.2, 0) is 6.42 Å². The molecule has 30 heavy (non-hydrogen) atoms. The maximum atomic E-state index is 10.6. The predicted molar refractivity (Wildman–Crippen MR) is 126 cm³/mol. The van der Waals surface area contributed by atoms with Crippen molar-refractivity contribution in [3.8, 4) is 0 Å². The molecule has 0 saturated carbocycles. The van der Waals surface area contributed by atoms with Crippen molar-refractivity contribution >= 4 is 24.8 Å². The molecule has 0 amide bonds. The standard InChI is InChI=1S/C24H28N2O2.2ClH/c1-19-12-13-22(28-19)18-23(27)25-14-16-26(17-15-25)24(20-8-4-2-5-9-20)21-10-6-3-7-11-21;;/h2-13,23-24,27H,14-18H2,1H3;2*1H. The molecule has 1 atom stereocenters. The number of hydrogen-bond donors (Lipinski definition) is 1. The van der Waals surface area contributed by atoms with Crippen molar-refractivity contribution in [3.63, 3.8) is 0 Å². The van der Waals surface area contributed by atoms with Crippen LogP contribution in [0.2, 0.25) is 0 Å². The Kier molecular flexibility index (Phi) is 9.40. The van der Waals surface area contributed by atoms with Crippen LogP contribution in [0.5, 0.6) is 0 Å². The Bertz CT molecular complexity index is 826. The van der Waals surface area contributed by atoms with Crippen molar-refractivity contribution in [2.75, 3.05) is 26.2 Å². The van der Waals surface area contributed by atoms with Crippen molar-refractivity contribution in [2.45, 2.75) is 25.6 Å². The van der Waals surface area contributed by atoms with E-state index in [-0.39, 0.29) is 30.9 Å². The molecular formula is C24H30Cl2N2O2. The van der Waals surface area contributed by atoms with E-state index in [4.69, 9.17) is 4.42 Å². The van der Waals surface area contributed by atoms with Crippen LogP contribution in [0.15, 0.2) is 77.2 Å². The smallest absolute Gasteiger partial charge is 0.114 e. The highest BCUT2D eigenvalue weighted by Crippen LogP contribution is 2.29. The lowest BCUT2D eigenvalue weighted by Crippen LogP contribution is -2.51. The zero-order valence-electron chi connectivity index (χ0n) is 17.2. The number of rotatable bonds is 6. The Morgan fingerprint density at radius 1 is 0.767 bits per heavy atom. The second kappa shape index (κ2) is 11.5. The predicted octanol–water partition coefficient (Wildman–Crippen LogP) is 4.70. The van der Waals surface area contributed by atoms with Crippen LogP contribution in [0, 0.1) is 6.92 Å². The summed E-state index contributed by atoms with van der Waals surface area (Å²) < 4.78 is 5.62. The van der Waals surface area contributed by atoms with Gasteiger partial charge >= 0.3 is 0 Å². The van der Waals surface area contributed by atoms with E-state index >= 15 is 0 Å². The van der Waals surface area contributed by atoms with Gasteiger partial charge in [0.2, 0.25) is 0 Å². The van der Waals surface area contributed by atoms with E-state index in [1.807, 2.05) is 19.1 Å². The summed E-state index contributed by atoms with van der Waals surface area (Å²) in [5.41, 5.74) is 2.63. The van der Waals surface area contributed by atoms with E-state index < -0.39 is 6.23 Å². The largest absolute Gasteiger partial charge is 0.466 e. The fraction of sp³-hybridized carbons (Fsp3) is 0.333. The second-order valence-electron chi connectivity index (χ2n) is 7.49. The molecule has 1 aromatic heterocycles. The topological polar surface area (TPSA) is 39.9 Å².